The van der Waals surface area contributed by atoms with Crippen molar-refractivity contribution in [2.24, 2.45) is 0 Å². The quantitative estimate of drug-likeness (QED) is 0.656. The first-order valence-electron chi connectivity index (χ1n) is 3.11. The van der Waals surface area contributed by atoms with Crippen LogP contribution < -0.4 is 0 Å². The van der Waals surface area contributed by atoms with Crippen LogP contribution in [-0.2, 0) is 0 Å². The van der Waals surface area contributed by atoms with Gasteiger partial charge in [-0.25, -0.2) is 4.98 Å². The third-order valence-corrected chi connectivity index (χ3v) is 3.15. The number of rotatable bonds is 1. The number of hydrogen-bond donors (Lipinski definition) is 0. The highest BCUT2D eigenvalue weighted by Gasteiger charge is 2.01. The second-order valence-corrected chi connectivity index (χ2v) is 3.86. The lowest BCUT2D eigenvalue weighted by Gasteiger charge is -1.84. The molecule has 1 nitrogen and oxygen atoms in total. The average Bonchev–Trinajstić information content (AvgIpc) is 2.55. The van der Waals surface area contributed by atoms with Crippen molar-refractivity contribution >= 4 is 22.7 Å². The van der Waals surface area contributed by atoms with Crippen LogP contribution in [0.3, 0.4) is 0 Å². The molecule has 0 amide bonds. The van der Waals surface area contributed by atoms with Crippen LogP contribution in [0.25, 0.3) is 9.88 Å². The number of thiophene rings is 1. The van der Waals surface area contributed by atoms with Crippen molar-refractivity contribution in [3.63, 3.8) is 0 Å². The Morgan fingerprint density at radius 3 is 2.82 bits per heavy atom. The van der Waals surface area contributed by atoms with Gasteiger partial charge in [0.05, 0.1) is 10.6 Å². The van der Waals surface area contributed by atoms with Gasteiger partial charge in [-0.05, 0) is 11.4 Å². The fourth-order valence-electron chi connectivity index (χ4n) is 0.800. The van der Waals surface area contributed by atoms with Crippen LogP contribution in [0.1, 0.15) is 5.69 Å². The summed E-state index contributed by atoms with van der Waals surface area (Å²) in [7, 11) is 0. The van der Waals surface area contributed by atoms with Gasteiger partial charge in [-0.3, -0.25) is 0 Å². The van der Waals surface area contributed by atoms with Crippen LogP contribution in [0.15, 0.2) is 22.9 Å². The van der Waals surface area contributed by atoms with Crippen LogP contribution in [0.4, 0.5) is 0 Å². The molecule has 0 bridgehead atoms. The fourth-order valence-corrected chi connectivity index (χ4v) is 2.32. The Balaban J connectivity index is 2.45. The van der Waals surface area contributed by atoms with Crippen LogP contribution in [-0.4, -0.2) is 4.98 Å². The summed E-state index contributed by atoms with van der Waals surface area (Å²) >= 11 is 3.26. The monoisotopic (exact) mass is 179 g/mol. The maximum absolute atomic E-state index is 5.49. The lowest BCUT2D eigenvalue weighted by molar-refractivity contribution is 1.36. The van der Waals surface area contributed by atoms with Crippen LogP contribution in [0.2, 0.25) is 0 Å². The summed E-state index contributed by atoms with van der Waals surface area (Å²) in [5.74, 6) is 0. The van der Waals surface area contributed by atoms with Crippen molar-refractivity contribution in [3.8, 4) is 9.88 Å². The van der Waals surface area contributed by atoms with Gasteiger partial charge < -0.3 is 0 Å². The summed E-state index contributed by atoms with van der Waals surface area (Å²) in [5, 5.41) is 4.90. The van der Waals surface area contributed by atoms with Gasteiger partial charge in [-0.2, -0.15) is 0 Å². The van der Waals surface area contributed by atoms with Gasteiger partial charge in [0.25, 0.3) is 0 Å². The molecule has 0 aliphatic heterocycles. The number of thiazole rings is 1. The zero-order valence-corrected chi connectivity index (χ0v) is 7.28. The zero-order chi connectivity index (χ0) is 7.68. The third kappa shape index (κ3) is 1.34. The molecule has 11 heavy (non-hydrogen) atoms. The molecular formula is C8H5NS2. The normalized spacial score (nSPS) is 10.3. The molecule has 0 aliphatic rings. The number of aromatic nitrogens is 1. The van der Waals surface area contributed by atoms with Crippen molar-refractivity contribution < 1.29 is 0 Å². The van der Waals surface area contributed by atoms with Crippen molar-refractivity contribution in [2.75, 3.05) is 0 Å². The van der Waals surface area contributed by atoms with Crippen LogP contribution in [0, 0.1) is 6.92 Å². The maximum Gasteiger partial charge on any atom is 0.133 e. The standard InChI is InChI=1S/C8H5NS2/c1-6-5-11-8(9-6)7-3-2-4-10-7/h1-5H. The molecule has 0 aliphatic carbocycles. The van der Waals surface area contributed by atoms with Gasteiger partial charge in [-0.1, -0.05) is 6.07 Å². The Morgan fingerprint density at radius 1 is 1.36 bits per heavy atom. The van der Waals surface area contributed by atoms with E-state index in [0.29, 0.717) is 5.69 Å². The fraction of sp³-hybridized carbons (Fsp3) is 0. The molecule has 2 aromatic rings. The van der Waals surface area contributed by atoms with E-state index in [4.69, 9.17) is 6.92 Å². The average molecular weight is 179 g/mol. The van der Waals surface area contributed by atoms with Crippen molar-refractivity contribution in [2.45, 2.75) is 0 Å². The second kappa shape index (κ2) is 2.75. The molecule has 0 saturated heterocycles. The molecule has 2 radical (unpaired) electrons. The van der Waals surface area contributed by atoms with E-state index in [0.717, 1.165) is 5.01 Å². The highest BCUT2D eigenvalue weighted by molar-refractivity contribution is 7.20. The largest absolute Gasteiger partial charge is 0.240 e. The minimum absolute atomic E-state index is 0.610. The molecule has 0 saturated carbocycles. The molecule has 2 rings (SSSR count). The van der Waals surface area contributed by atoms with Crippen LogP contribution in [0.5, 0.6) is 0 Å². The van der Waals surface area contributed by atoms with Gasteiger partial charge in [0, 0.05) is 12.3 Å². The van der Waals surface area contributed by atoms with E-state index in [1.165, 1.54) is 4.88 Å². The zero-order valence-electron chi connectivity index (χ0n) is 5.65. The minimum atomic E-state index is 0.610. The highest BCUT2D eigenvalue weighted by atomic mass is 32.1. The molecule has 0 unspecified atom stereocenters. The Morgan fingerprint density at radius 2 is 2.27 bits per heavy atom. The van der Waals surface area contributed by atoms with E-state index in [1.54, 1.807) is 22.7 Å². The lowest BCUT2D eigenvalue weighted by Crippen LogP contribution is -1.69. The smallest absolute Gasteiger partial charge is 0.133 e. The van der Waals surface area contributed by atoms with E-state index in [1.807, 2.05) is 22.9 Å². The van der Waals surface area contributed by atoms with E-state index < -0.39 is 0 Å². The molecule has 0 atom stereocenters. The van der Waals surface area contributed by atoms with Gasteiger partial charge in [-0.15, -0.1) is 22.7 Å². The first kappa shape index (κ1) is 7.00. The molecule has 2 heterocycles. The topological polar surface area (TPSA) is 12.9 Å². The molecule has 3 heteroatoms. The van der Waals surface area contributed by atoms with E-state index in [2.05, 4.69) is 4.98 Å². The molecule has 0 spiro atoms. The van der Waals surface area contributed by atoms with Gasteiger partial charge >= 0.3 is 0 Å². The van der Waals surface area contributed by atoms with Gasteiger partial charge in [0.2, 0.25) is 0 Å². The van der Waals surface area contributed by atoms with Gasteiger partial charge in [0.1, 0.15) is 5.01 Å². The summed E-state index contributed by atoms with van der Waals surface area (Å²) in [4.78, 5) is 5.35. The Labute approximate surface area is 73.4 Å². The Hall–Kier alpha value is -0.670. The van der Waals surface area contributed by atoms with E-state index in [-0.39, 0.29) is 0 Å². The summed E-state index contributed by atoms with van der Waals surface area (Å²) in [6.07, 6.45) is 0. The van der Waals surface area contributed by atoms with Crippen LogP contribution >= 0.6 is 22.7 Å². The number of hydrogen-bond acceptors (Lipinski definition) is 3. The molecule has 2 aromatic heterocycles. The minimum Gasteiger partial charge on any atom is -0.240 e. The molecular weight excluding hydrogens is 174 g/mol. The SMILES string of the molecule is [CH]c1csc(-c2cccs2)n1. The summed E-state index contributed by atoms with van der Waals surface area (Å²) in [5.41, 5.74) is 0.610. The van der Waals surface area contributed by atoms with E-state index in [9.17, 15) is 0 Å². The Kier molecular flexibility index (Phi) is 1.75. The first-order valence-corrected chi connectivity index (χ1v) is 4.87. The van der Waals surface area contributed by atoms with Crippen molar-refractivity contribution in [1.82, 2.24) is 4.98 Å². The predicted octanol–water partition coefficient (Wildman–Crippen LogP) is 2.93. The molecule has 0 N–H and O–H groups in total. The molecule has 0 aromatic carbocycles. The summed E-state index contributed by atoms with van der Waals surface area (Å²) in [6, 6.07) is 4.06. The van der Waals surface area contributed by atoms with E-state index >= 15 is 0 Å². The summed E-state index contributed by atoms with van der Waals surface area (Å²) in [6.45, 7) is 5.49. The van der Waals surface area contributed by atoms with Crippen molar-refractivity contribution in [3.05, 3.63) is 35.5 Å². The maximum atomic E-state index is 5.49. The predicted molar refractivity (Wildman–Crippen MR) is 48.8 cm³/mol. The van der Waals surface area contributed by atoms with Gasteiger partial charge in [0.15, 0.2) is 0 Å². The second-order valence-electron chi connectivity index (χ2n) is 2.05. The molecule has 0 fully saturated rings. The Bertz CT molecular complexity index is 335. The summed E-state index contributed by atoms with van der Waals surface area (Å²) < 4.78 is 0. The number of nitrogens with zero attached hydrogens (tertiary/aromatic N) is 1. The highest BCUT2D eigenvalue weighted by Crippen LogP contribution is 2.27. The molecule has 54 valence electrons. The lowest BCUT2D eigenvalue weighted by atomic mass is 10.5. The third-order valence-electron chi connectivity index (χ3n) is 1.25. The first-order chi connectivity index (χ1) is 5.36. The van der Waals surface area contributed by atoms with Crippen molar-refractivity contribution in [1.29, 1.82) is 0 Å².